The first-order chi connectivity index (χ1) is 11.8. The molecule has 140 valence electrons. The molecule has 0 heterocycles. The third kappa shape index (κ3) is 4.42. The van der Waals surface area contributed by atoms with Crippen LogP contribution in [0.3, 0.4) is 0 Å². The van der Waals surface area contributed by atoms with Crippen molar-refractivity contribution < 1.29 is 30.8 Å². The highest BCUT2D eigenvalue weighted by atomic mass is 79.9. The summed E-state index contributed by atoms with van der Waals surface area (Å²) in [6.45, 7) is 0. The van der Waals surface area contributed by atoms with Gasteiger partial charge in [-0.2, -0.15) is 13.2 Å². The molecule has 0 radical (unpaired) electrons. The maximum absolute atomic E-state index is 14.5. The summed E-state index contributed by atoms with van der Waals surface area (Å²) in [5.41, 5.74) is -1.83. The van der Waals surface area contributed by atoms with E-state index in [1.54, 1.807) is 0 Å². The van der Waals surface area contributed by atoms with Crippen molar-refractivity contribution in [2.45, 2.75) is 11.1 Å². The van der Waals surface area contributed by atoms with Crippen molar-refractivity contribution >= 4 is 51.9 Å². The summed E-state index contributed by atoms with van der Waals surface area (Å²) >= 11 is 2.94. The molecule has 0 saturated carbocycles. The van der Waals surface area contributed by atoms with E-state index >= 15 is 0 Å². The molecule has 1 atom stereocenters. The Hall–Kier alpha value is -1.51. The summed E-state index contributed by atoms with van der Waals surface area (Å²) in [4.78, 5) is 11.6. The Balaban J connectivity index is 2.47. The van der Waals surface area contributed by atoms with Crippen molar-refractivity contribution in [2.75, 3.05) is 11.6 Å². The molecule has 0 spiro atoms. The van der Waals surface area contributed by atoms with Crippen LogP contribution in [-0.2, 0) is 16.0 Å². The molecule has 0 bridgehead atoms. The molecule has 1 unspecified atom stereocenters. The van der Waals surface area contributed by atoms with Crippen LogP contribution in [0, 0.1) is 5.82 Å². The zero-order valence-electron chi connectivity index (χ0n) is 13.0. The maximum Gasteiger partial charge on any atom is 0.417 e. The van der Waals surface area contributed by atoms with E-state index in [4.69, 9.17) is 0 Å². The second-order valence-corrected chi connectivity index (χ2v) is 8.72. The van der Waals surface area contributed by atoms with Gasteiger partial charge in [0, 0.05) is 16.4 Å². The second-order valence-electron chi connectivity index (χ2n) is 5.26. The van der Waals surface area contributed by atoms with Crippen LogP contribution in [0.15, 0.2) is 39.7 Å². The first kappa shape index (κ1) is 20.8. The molecular weight excluding hydrogens is 461 g/mol. The number of hydrogen-bond acceptors (Lipinski definition) is 3. The standard InChI is InChI=1S/C15H11BrF4NO3PS/c1-26(23,24)11-5-3-9(16)12(13(11)17)14(22)21-7-2-4-10(25)8(6-7)15(18,19)20/h2-6H,25H2,1H3,(H,21,22). The summed E-state index contributed by atoms with van der Waals surface area (Å²) in [5, 5.41) is 2.02. The van der Waals surface area contributed by atoms with Crippen molar-refractivity contribution in [3.8, 4) is 0 Å². The number of alkyl halides is 3. The van der Waals surface area contributed by atoms with E-state index in [-0.39, 0.29) is 15.5 Å². The fraction of sp³-hybridized carbons (Fsp3) is 0.133. The van der Waals surface area contributed by atoms with Crippen LogP contribution in [0.1, 0.15) is 15.9 Å². The zero-order valence-corrected chi connectivity index (χ0v) is 16.5. The molecule has 0 saturated heterocycles. The fourth-order valence-corrected chi connectivity index (χ4v) is 3.67. The smallest absolute Gasteiger partial charge is 0.322 e. The number of nitrogens with one attached hydrogen (secondary N) is 1. The van der Waals surface area contributed by atoms with Crippen LogP contribution in [-0.4, -0.2) is 20.6 Å². The lowest BCUT2D eigenvalue weighted by Gasteiger charge is -2.14. The van der Waals surface area contributed by atoms with Gasteiger partial charge in [-0.25, -0.2) is 12.8 Å². The summed E-state index contributed by atoms with van der Waals surface area (Å²) in [6.07, 6.45) is -3.87. The Kier molecular flexibility index (Phi) is 5.80. The molecule has 1 amide bonds. The minimum absolute atomic E-state index is 0.0430. The van der Waals surface area contributed by atoms with Gasteiger partial charge in [-0.05, 0) is 45.5 Å². The molecule has 0 aliphatic heterocycles. The number of carbonyl (C=O) groups is 1. The molecule has 0 aliphatic rings. The number of carbonyl (C=O) groups excluding carboxylic acids is 1. The third-order valence-electron chi connectivity index (χ3n) is 3.30. The Morgan fingerprint density at radius 3 is 2.35 bits per heavy atom. The largest absolute Gasteiger partial charge is 0.417 e. The van der Waals surface area contributed by atoms with Crippen LogP contribution in [0.25, 0.3) is 0 Å². The SMILES string of the molecule is CS(=O)(=O)c1ccc(Br)c(C(=O)Nc2ccc(P)c(C(F)(F)F)c2)c1F. The molecule has 26 heavy (non-hydrogen) atoms. The van der Waals surface area contributed by atoms with Crippen molar-refractivity contribution in [3.63, 3.8) is 0 Å². The van der Waals surface area contributed by atoms with Crippen LogP contribution >= 0.6 is 25.2 Å². The maximum atomic E-state index is 14.5. The van der Waals surface area contributed by atoms with Gasteiger partial charge in [-0.1, -0.05) is 6.07 Å². The average molecular weight is 472 g/mol. The lowest BCUT2D eigenvalue weighted by molar-refractivity contribution is -0.136. The minimum Gasteiger partial charge on any atom is -0.322 e. The van der Waals surface area contributed by atoms with Gasteiger partial charge in [0.25, 0.3) is 5.91 Å². The number of benzene rings is 2. The van der Waals surface area contributed by atoms with Gasteiger partial charge in [-0.3, -0.25) is 4.79 Å². The molecule has 0 aromatic heterocycles. The van der Waals surface area contributed by atoms with E-state index in [9.17, 15) is 30.8 Å². The topological polar surface area (TPSA) is 63.2 Å². The Morgan fingerprint density at radius 2 is 1.81 bits per heavy atom. The zero-order chi connectivity index (χ0) is 19.9. The Bertz CT molecular complexity index is 993. The van der Waals surface area contributed by atoms with E-state index in [1.807, 2.05) is 9.24 Å². The molecule has 0 fully saturated rings. The number of anilines is 1. The third-order valence-corrected chi connectivity index (χ3v) is 5.58. The summed E-state index contributed by atoms with van der Waals surface area (Å²) in [5.74, 6) is -2.39. The molecule has 1 N–H and O–H groups in total. The highest BCUT2D eigenvalue weighted by Crippen LogP contribution is 2.31. The number of halogens is 5. The van der Waals surface area contributed by atoms with Gasteiger partial charge in [0.2, 0.25) is 0 Å². The lowest BCUT2D eigenvalue weighted by Crippen LogP contribution is -2.19. The number of amides is 1. The van der Waals surface area contributed by atoms with Crippen molar-refractivity contribution in [1.29, 1.82) is 0 Å². The lowest BCUT2D eigenvalue weighted by atomic mass is 10.1. The molecule has 2 rings (SSSR count). The van der Waals surface area contributed by atoms with Gasteiger partial charge in [0.1, 0.15) is 4.90 Å². The van der Waals surface area contributed by atoms with E-state index in [1.165, 1.54) is 12.1 Å². The molecule has 4 nitrogen and oxygen atoms in total. The molecule has 2 aromatic carbocycles. The second kappa shape index (κ2) is 7.25. The predicted octanol–water partition coefficient (Wildman–Crippen LogP) is 3.76. The fourth-order valence-electron chi connectivity index (χ4n) is 2.10. The highest BCUT2D eigenvalue weighted by molar-refractivity contribution is 9.10. The highest BCUT2D eigenvalue weighted by Gasteiger charge is 2.33. The number of hydrogen-bond donors (Lipinski definition) is 1. The summed E-state index contributed by atoms with van der Waals surface area (Å²) < 4.78 is 76.4. The first-order valence-electron chi connectivity index (χ1n) is 6.78. The Labute approximate surface area is 157 Å². The van der Waals surface area contributed by atoms with E-state index in [0.717, 1.165) is 18.4 Å². The van der Waals surface area contributed by atoms with Crippen LogP contribution in [0.5, 0.6) is 0 Å². The van der Waals surface area contributed by atoms with Crippen LogP contribution in [0.4, 0.5) is 23.2 Å². The number of rotatable bonds is 3. The van der Waals surface area contributed by atoms with E-state index < -0.39 is 43.8 Å². The Morgan fingerprint density at radius 1 is 1.19 bits per heavy atom. The van der Waals surface area contributed by atoms with Gasteiger partial charge < -0.3 is 5.32 Å². The average Bonchev–Trinajstić information content (AvgIpc) is 2.46. The summed E-state index contributed by atoms with van der Waals surface area (Å²) in [6, 6.07) is 5.19. The van der Waals surface area contributed by atoms with Crippen molar-refractivity contribution in [1.82, 2.24) is 0 Å². The van der Waals surface area contributed by atoms with Crippen molar-refractivity contribution in [3.05, 3.63) is 51.7 Å². The molecular formula is C15H11BrF4NO3PS. The van der Waals surface area contributed by atoms with Crippen LogP contribution < -0.4 is 10.6 Å². The predicted molar refractivity (Wildman–Crippen MR) is 96.0 cm³/mol. The first-order valence-corrected chi connectivity index (χ1v) is 10.0. The van der Waals surface area contributed by atoms with Gasteiger partial charge >= 0.3 is 6.18 Å². The van der Waals surface area contributed by atoms with Gasteiger partial charge in [0.05, 0.1) is 11.1 Å². The summed E-state index contributed by atoms with van der Waals surface area (Å²) in [7, 11) is -2.01. The van der Waals surface area contributed by atoms with E-state index in [0.29, 0.717) is 6.07 Å². The van der Waals surface area contributed by atoms with E-state index in [2.05, 4.69) is 21.2 Å². The quantitative estimate of drug-likeness (QED) is 0.547. The normalized spacial score (nSPS) is 12.1. The van der Waals surface area contributed by atoms with Gasteiger partial charge in [-0.15, -0.1) is 9.24 Å². The minimum atomic E-state index is -4.64. The van der Waals surface area contributed by atoms with Crippen LogP contribution in [0.2, 0.25) is 0 Å². The van der Waals surface area contributed by atoms with Crippen molar-refractivity contribution in [2.24, 2.45) is 0 Å². The number of sulfone groups is 1. The molecule has 2 aromatic rings. The molecule has 0 aliphatic carbocycles. The monoisotopic (exact) mass is 471 g/mol. The molecule has 11 heteroatoms. The van der Waals surface area contributed by atoms with Gasteiger partial charge in [0.15, 0.2) is 15.7 Å².